The summed E-state index contributed by atoms with van der Waals surface area (Å²) in [5.41, 5.74) is 2.81. The fourth-order valence-corrected chi connectivity index (χ4v) is 2.07. The van der Waals surface area contributed by atoms with E-state index >= 15 is 0 Å². The minimum absolute atomic E-state index is 0.654. The number of benzene rings is 1. The highest BCUT2D eigenvalue weighted by atomic mass is 15.1. The summed E-state index contributed by atoms with van der Waals surface area (Å²) in [6.07, 6.45) is 3.93. The molecule has 2 rings (SSSR count). The lowest BCUT2D eigenvalue weighted by atomic mass is 10.1. The van der Waals surface area contributed by atoms with Crippen LogP contribution in [0.4, 0.5) is 0 Å². The Morgan fingerprint density at radius 3 is 2.39 bits per heavy atom. The Labute approximate surface area is 111 Å². The van der Waals surface area contributed by atoms with E-state index in [1.807, 2.05) is 0 Å². The molecular formula is C16H26N2. The molecule has 0 radical (unpaired) electrons. The van der Waals surface area contributed by atoms with Crippen molar-refractivity contribution in [3.63, 3.8) is 0 Å². The third kappa shape index (κ3) is 4.11. The smallest absolute Gasteiger partial charge is 0.0233 e. The molecule has 1 N–H and O–H groups in total. The number of hydrogen-bond acceptors (Lipinski definition) is 2. The predicted molar refractivity (Wildman–Crippen MR) is 77.5 cm³/mol. The Kier molecular flexibility index (Phi) is 4.79. The second-order valence-corrected chi connectivity index (χ2v) is 5.64. The van der Waals surface area contributed by atoms with Gasteiger partial charge in [0.05, 0.1) is 0 Å². The van der Waals surface area contributed by atoms with Crippen LogP contribution < -0.4 is 5.32 Å². The van der Waals surface area contributed by atoms with Crippen molar-refractivity contribution in [2.75, 3.05) is 7.05 Å². The molecule has 2 nitrogen and oxygen atoms in total. The number of rotatable bonds is 7. The highest BCUT2D eigenvalue weighted by Crippen LogP contribution is 2.19. The molecule has 1 aromatic carbocycles. The first-order valence-corrected chi connectivity index (χ1v) is 7.20. The Morgan fingerprint density at radius 1 is 1.22 bits per heavy atom. The van der Waals surface area contributed by atoms with Crippen LogP contribution >= 0.6 is 0 Å². The average molecular weight is 246 g/mol. The van der Waals surface area contributed by atoms with Crippen molar-refractivity contribution < 1.29 is 0 Å². The molecule has 1 unspecified atom stereocenters. The highest BCUT2D eigenvalue weighted by Gasteiger charge is 2.19. The first-order chi connectivity index (χ1) is 8.69. The molecule has 1 aromatic rings. The topological polar surface area (TPSA) is 15.3 Å². The van der Waals surface area contributed by atoms with Crippen molar-refractivity contribution in [2.45, 2.75) is 58.3 Å². The summed E-state index contributed by atoms with van der Waals surface area (Å²) in [7, 11) is 2.21. The van der Waals surface area contributed by atoms with Gasteiger partial charge in [0.25, 0.3) is 0 Å². The average Bonchev–Trinajstić information content (AvgIpc) is 3.21. The molecule has 2 heteroatoms. The molecule has 1 atom stereocenters. The maximum absolute atomic E-state index is 3.55. The monoisotopic (exact) mass is 246 g/mol. The summed E-state index contributed by atoms with van der Waals surface area (Å²) in [5.74, 6) is 0. The van der Waals surface area contributed by atoms with Crippen molar-refractivity contribution in [1.82, 2.24) is 10.2 Å². The molecule has 0 saturated heterocycles. The molecule has 0 bridgehead atoms. The summed E-state index contributed by atoms with van der Waals surface area (Å²) < 4.78 is 0. The minimum atomic E-state index is 0.654. The van der Waals surface area contributed by atoms with Gasteiger partial charge < -0.3 is 5.32 Å². The van der Waals surface area contributed by atoms with Gasteiger partial charge in [-0.1, -0.05) is 31.2 Å². The van der Waals surface area contributed by atoms with Gasteiger partial charge in [-0.25, -0.2) is 0 Å². The van der Waals surface area contributed by atoms with Gasteiger partial charge >= 0.3 is 0 Å². The van der Waals surface area contributed by atoms with Crippen LogP contribution in [-0.2, 0) is 13.1 Å². The van der Waals surface area contributed by atoms with E-state index in [2.05, 4.69) is 55.4 Å². The van der Waals surface area contributed by atoms with Gasteiger partial charge in [0.15, 0.2) is 0 Å². The zero-order valence-corrected chi connectivity index (χ0v) is 11.9. The molecule has 1 fully saturated rings. The van der Waals surface area contributed by atoms with Crippen molar-refractivity contribution in [3.8, 4) is 0 Å². The van der Waals surface area contributed by atoms with Gasteiger partial charge in [0.2, 0.25) is 0 Å². The normalized spacial score (nSPS) is 17.1. The molecule has 0 heterocycles. The van der Waals surface area contributed by atoms with E-state index in [4.69, 9.17) is 0 Å². The van der Waals surface area contributed by atoms with Gasteiger partial charge in [0.1, 0.15) is 0 Å². The molecule has 1 aliphatic carbocycles. The molecule has 0 aliphatic heterocycles. The number of hydrogen-bond donors (Lipinski definition) is 1. The molecule has 18 heavy (non-hydrogen) atoms. The quantitative estimate of drug-likeness (QED) is 0.795. The van der Waals surface area contributed by atoms with Crippen molar-refractivity contribution in [2.24, 2.45) is 0 Å². The molecule has 1 aliphatic rings. The Bertz CT molecular complexity index is 354. The summed E-state index contributed by atoms with van der Waals surface area (Å²) in [6.45, 7) is 6.60. The fraction of sp³-hybridized carbons (Fsp3) is 0.625. The molecule has 0 spiro atoms. The van der Waals surface area contributed by atoms with Crippen LogP contribution in [0.15, 0.2) is 24.3 Å². The van der Waals surface area contributed by atoms with Crippen LogP contribution in [0.25, 0.3) is 0 Å². The molecule has 100 valence electrons. The minimum Gasteiger partial charge on any atom is -0.310 e. The lowest BCUT2D eigenvalue weighted by Crippen LogP contribution is -2.27. The van der Waals surface area contributed by atoms with Crippen LogP contribution in [0.5, 0.6) is 0 Å². The van der Waals surface area contributed by atoms with Gasteiger partial charge in [0, 0.05) is 25.2 Å². The number of nitrogens with one attached hydrogen (secondary N) is 1. The maximum Gasteiger partial charge on any atom is 0.0233 e. The maximum atomic E-state index is 3.55. The van der Waals surface area contributed by atoms with Crippen LogP contribution in [0.1, 0.15) is 44.2 Å². The largest absolute Gasteiger partial charge is 0.310 e. The molecular weight excluding hydrogens is 220 g/mol. The van der Waals surface area contributed by atoms with Gasteiger partial charge in [-0.2, -0.15) is 0 Å². The first-order valence-electron chi connectivity index (χ1n) is 7.20. The molecule has 0 aromatic heterocycles. The second-order valence-electron chi connectivity index (χ2n) is 5.64. The second kappa shape index (κ2) is 6.35. The van der Waals surface area contributed by atoms with Crippen LogP contribution in [0.3, 0.4) is 0 Å². The van der Waals surface area contributed by atoms with E-state index in [-0.39, 0.29) is 0 Å². The standard InChI is InChI=1S/C16H26N2/c1-4-13(2)18(3)12-15-7-5-14(6-8-15)11-17-16-9-10-16/h5-8,13,16-17H,4,9-12H2,1-3H3. The Hall–Kier alpha value is -0.860. The SMILES string of the molecule is CCC(C)N(C)Cc1ccc(CNC2CC2)cc1. The highest BCUT2D eigenvalue weighted by molar-refractivity contribution is 5.22. The van der Waals surface area contributed by atoms with E-state index in [1.54, 1.807) is 0 Å². The zero-order chi connectivity index (χ0) is 13.0. The molecule has 1 saturated carbocycles. The van der Waals surface area contributed by atoms with Gasteiger partial charge in [-0.3, -0.25) is 4.90 Å². The lowest BCUT2D eigenvalue weighted by molar-refractivity contribution is 0.244. The van der Waals surface area contributed by atoms with Crippen molar-refractivity contribution in [3.05, 3.63) is 35.4 Å². The van der Waals surface area contributed by atoms with E-state index in [1.165, 1.54) is 30.4 Å². The van der Waals surface area contributed by atoms with E-state index in [9.17, 15) is 0 Å². The Morgan fingerprint density at radius 2 is 1.83 bits per heavy atom. The lowest BCUT2D eigenvalue weighted by Gasteiger charge is -2.23. The van der Waals surface area contributed by atoms with Crippen molar-refractivity contribution >= 4 is 0 Å². The Balaban J connectivity index is 1.82. The fourth-order valence-electron chi connectivity index (χ4n) is 2.07. The van der Waals surface area contributed by atoms with Gasteiger partial charge in [-0.05, 0) is 44.4 Å². The first kappa shape index (κ1) is 13.6. The summed E-state index contributed by atoms with van der Waals surface area (Å²) in [5, 5.41) is 3.55. The summed E-state index contributed by atoms with van der Waals surface area (Å²) in [6, 6.07) is 10.5. The third-order valence-electron chi connectivity index (χ3n) is 3.97. The summed E-state index contributed by atoms with van der Waals surface area (Å²) >= 11 is 0. The zero-order valence-electron chi connectivity index (χ0n) is 11.9. The predicted octanol–water partition coefficient (Wildman–Crippen LogP) is 3.17. The van der Waals surface area contributed by atoms with Crippen molar-refractivity contribution in [1.29, 1.82) is 0 Å². The van der Waals surface area contributed by atoms with E-state index in [0.717, 1.165) is 19.1 Å². The van der Waals surface area contributed by atoms with Crippen LogP contribution in [0.2, 0.25) is 0 Å². The summed E-state index contributed by atoms with van der Waals surface area (Å²) in [4.78, 5) is 2.41. The van der Waals surface area contributed by atoms with Gasteiger partial charge in [-0.15, -0.1) is 0 Å². The third-order valence-corrected chi connectivity index (χ3v) is 3.97. The number of nitrogens with zero attached hydrogens (tertiary/aromatic N) is 1. The molecule has 0 amide bonds. The van der Waals surface area contributed by atoms with Crippen LogP contribution in [-0.4, -0.2) is 24.0 Å². The van der Waals surface area contributed by atoms with Crippen LogP contribution in [0, 0.1) is 0 Å². The van der Waals surface area contributed by atoms with E-state index < -0.39 is 0 Å². The van der Waals surface area contributed by atoms with E-state index in [0.29, 0.717) is 6.04 Å².